The second-order valence-electron chi connectivity index (χ2n) is 4.84. The van der Waals surface area contributed by atoms with Crippen molar-refractivity contribution in [3.63, 3.8) is 0 Å². The molecule has 1 aliphatic heterocycles. The molecule has 0 bridgehead atoms. The lowest BCUT2D eigenvalue weighted by Gasteiger charge is -2.34. The van der Waals surface area contributed by atoms with Crippen LogP contribution in [-0.2, 0) is 11.2 Å². The van der Waals surface area contributed by atoms with E-state index in [4.69, 9.17) is 5.73 Å². The van der Waals surface area contributed by atoms with Gasteiger partial charge in [-0.2, -0.15) is 0 Å². The van der Waals surface area contributed by atoms with E-state index in [1.165, 1.54) is 0 Å². The van der Waals surface area contributed by atoms with Gasteiger partial charge in [0.05, 0.1) is 0 Å². The molecule has 1 unspecified atom stereocenters. The van der Waals surface area contributed by atoms with Crippen LogP contribution in [0.3, 0.4) is 0 Å². The third-order valence-electron chi connectivity index (χ3n) is 3.48. The molecule has 98 valence electrons. The van der Waals surface area contributed by atoms with Crippen LogP contribution in [0.4, 0.5) is 5.69 Å². The highest BCUT2D eigenvalue weighted by Crippen LogP contribution is 2.14. The summed E-state index contributed by atoms with van der Waals surface area (Å²) < 4.78 is 0. The second-order valence-corrected chi connectivity index (χ2v) is 4.84. The van der Waals surface area contributed by atoms with Gasteiger partial charge in [-0.3, -0.25) is 4.79 Å². The summed E-state index contributed by atoms with van der Waals surface area (Å²) in [6.07, 6.45) is 1.26. The van der Waals surface area contributed by atoms with Gasteiger partial charge in [-0.25, -0.2) is 0 Å². The Morgan fingerprint density at radius 1 is 1.50 bits per heavy atom. The molecule has 0 radical (unpaired) electrons. The van der Waals surface area contributed by atoms with Crippen molar-refractivity contribution in [1.82, 2.24) is 10.2 Å². The molecule has 0 aromatic heterocycles. The SMILES string of the molecule is CC1CNCCN1C(=O)CCc1ccccc1N. The van der Waals surface area contributed by atoms with Gasteiger partial charge in [-0.05, 0) is 25.0 Å². The van der Waals surface area contributed by atoms with Crippen molar-refractivity contribution in [3.8, 4) is 0 Å². The van der Waals surface area contributed by atoms with Gasteiger partial charge in [0.1, 0.15) is 0 Å². The van der Waals surface area contributed by atoms with Crippen molar-refractivity contribution in [3.05, 3.63) is 29.8 Å². The molecule has 0 aliphatic carbocycles. The minimum absolute atomic E-state index is 0.229. The number of hydrogen-bond acceptors (Lipinski definition) is 3. The van der Waals surface area contributed by atoms with E-state index in [9.17, 15) is 4.79 Å². The van der Waals surface area contributed by atoms with Crippen LogP contribution in [0.2, 0.25) is 0 Å². The Kier molecular flexibility index (Phi) is 4.20. The standard InChI is InChI=1S/C14H21N3O/c1-11-10-16-8-9-17(11)14(18)7-6-12-4-2-3-5-13(12)15/h2-5,11,16H,6-10,15H2,1H3. The number of carbonyl (C=O) groups is 1. The van der Waals surface area contributed by atoms with Crippen LogP contribution >= 0.6 is 0 Å². The number of para-hydroxylation sites is 1. The van der Waals surface area contributed by atoms with Crippen molar-refractivity contribution in [2.75, 3.05) is 25.4 Å². The van der Waals surface area contributed by atoms with Crippen LogP contribution in [0.1, 0.15) is 18.9 Å². The maximum absolute atomic E-state index is 12.2. The predicted molar refractivity (Wildman–Crippen MR) is 73.2 cm³/mol. The molecule has 1 aromatic carbocycles. The summed E-state index contributed by atoms with van der Waals surface area (Å²) in [7, 11) is 0. The summed E-state index contributed by atoms with van der Waals surface area (Å²) in [5, 5.41) is 3.29. The number of nitrogens with two attached hydrogens (primary N) is 1. The first kappa shape index (κ1) is 12.9. The van der Waals surface area contributed by atoms with Gasteiger partial charge in [0.2, 0.25) is 5.91 Å². The van der Waals surface area contributed by atoms with Crippen LogP contribution in [0.25, 0.3) is 0 Å². The summed E-state index contributed by atoms with van der Waals surface area (Å²) in [5.74, 6) is 0.229. The fourth-order valence-corrected chi connectivity index (χ4v) is 2.36. The number of hydrogen-bond donors (Lipinski definition) is 2. The van der Waals surface area contributed by atoms with E-state index in [-0.39, 0.29) is 5.91 Å². The molecular weight excluding hydrogens is 226 g/mol. The van der Waals surface area contributed by atoms with Crippen LogP contribution < -0.4 is 11.1 Å². The third kappa shape index (κ3) is 3.01. The Morgan fingerprint density at radius 3 is 3.00 bits per heavy atom. The molecule has 3 N–H and O–H groups in total. The average Bonchev–Trinajstić information content (AvgIpc) is 2.38. The number of anilines is 1. The Morgan fingerprint density at radius 2 is 2.28 bits per heavy atom. The Bertz CT molecular complexity index is 419. The number of piperazine rings is 1. The molecule has 4 heteroatoms. The first-order valence-electron chi connectivity index (χ1n) is 6.52. The van der Waals surface area contributed by atoms with Crippen LogP contribution in [0.15, 0.2) is 24.3 Å². The normalized spacial score (nSPS) is 19.8. The fraction of sp³-hybridized carbons (Fsp3) is 0.500. The van der Waals surface area contributed by atoms with Crippen LogP contribution in [0.5, 0.6) is 0 Å². The van der Waals surface area contributed by atoms with Gasteiger partial charge < -0.3 is 16.0 Å². The largest absolute Gasteiger partial charge is 0.399 e. The maximum Gasteiger partial charge on any atom is 0.223 e. The molecule has 1 aromatic rings. The number of nitrogen functional groups attached to an aromatic ring is 1. The van der Waals surface area contributed by atoms with Crippen molar-refractivity contribution in [2.45, 2.75) is 25.8 Å². The Hall–Kier alpha value is -1.55. The number of nitrogens with one attached hydrogen (secondary N) is 1. The fourth-order valence-electron chi connectivity index (χ4n) is 2.36. The molecule has 2 rings (SSSR count). The number of nitrogens with zero attached hydrogens (tertiary/aromatic N) is 1. The smallest absolute Gasteiger partial charge is 0.223 e. The first-order valence-corrected chi connectivity index (χ1v) is 6.52. The zero-order valence-electron chi connectivity index (χ0n) is 10.9. The molecule has 4 nitrogen and oxygen atoms in total. The van der Waals surface area contributed by atoms with E-state index < -0.39 is 0 Å². The van der Waals surface area contributed by atoms with Gasteiger partial charge in [-0.1, -0.05) is 18.2 Å². The second kappa shape index (κ2) is 5.87. The molecule has 1 fully saturated rings. The van der Waals surface area contributed by atoms with E-state index in [1.54, 1.807) is 0 Å². The van der Waals surface area contributed by atoms with E-state index in [0.717, 1.165) is 37.3 Å². The number of carbonyl (C=O) groups excluding carboxylic acids is 1. The quantitative estimate of drug-likeness (QED) is 0.784. The lowest BCUT2D eigenvalue weighted by atomic mass is 10.1. The van der Waals surface area contributed by atoms with E-state index >= 15 is 0 Å². The van der Waals surface area contributed by atoms with Crippen molar-refractivity contribution >= 4 is 11.6 Å². The molecule has 0 saturated carbocycles. The maximum atomic E-state index is 12.2. The molecule has 1 atom stereocenters. The third-order valence-corrected chi connectivity index (χ3v) is 3.48. The number of aryl methyl sites for hydroxylation is 1. The molecular formula is C14H21N3O. The highest BCUT2D eigenvalue weighted by atomic mass is 16.2. The topological polar surface area (TPSA) is 58.4 Å². The Labute approximate surface area is 108 Å². The van der Waals surface area contributed by atoms with Gasteiger partial charge >= 0.3 is 0 Å². The van der Waals surface area contributed by atoms with Gasteiger partial charge in [-0.15, -0.1) is 0 Å². The van der Waals surface area contributed by atoms with Crippen molar-refractivity contribution in [1.29, 1.82) is 0 Å². The van der Waals surface area contributed by atoms with E-state index in [2.05, 4.69) is 12.2 Å². The van der Waals surface area contributed by atoms with Crippen LogP contribution in [0, 0.1) is 0 Å². The summed E-state index contributed by atoms with van der Waals surface area (Å²) in [6.45, 7) is 4.67. The number of rotatable bonds is 3. The zero-order chi connectivity index (χ0) is 13.0. The predicted octanol–water partition coefficient (Wildman–Crippen LogP) is 1.02. The average molecular weight is 247 g/mol. The van der Waals surface area contributed by atoms with Gasteiger partial charge in [0.15, 0.2) is 0 Å². The van der Waals surface area contributed by atoms with Crippen molar-refractivity contribution in [2.24, 2.45) is 0 Å². The number of benzene rings is 1. The molecule has 1 aliphatic rings. The summed E-state index contributed by atoms with van der Waals surface area (Å²) in [4.78, 5) is 14.1. The highest BCUT2D eigenvalue weighted by Gasteiger charge is 2.22. The minimum atomic E-state index is 0.229. The molecule has 1 saturated heterocycles. The highest BCUT2D eigenvalue weighted by molar-refractivity contribution is 5.77. The van der Waals surface area contributed by atoms with Crippen molar-refractivity contribution < 1.29 is 4.79 Å². The molecule has 0 spiro atoms. The van der Waals surface area contributed by atoms with E-state index in [1.807, 2.05) is 29.2 Å². The summed E-state index contributed by atoms with van der Waals surface area (Å²) in [5.41, 5.74) is 7.72. The zero-order valence-corrected chi connectivity index (χ0v) is 10.9. The van der Waals surface area contributed by atoms with Gasteiger partial charge in [0.25, 0.3) is 0 Å². The lowest BCUT2D eigenvalue weighted by molar-refractivity contribution is -0.133. The lowest BCUT2D eigenvalue weighted by Crippen LogP contribution is -2.52. The summed E-state index contributed by atoms with van der Waals surface area (Å²) in [6, 6.07) is 8.04. The Balaban J connectivity index is 1.90. The summed E-state index contributed by atoms with van der Waals surface area (Å²) >= 11 is 0. The molecule has 1 amide bonds. The molecule has 18 heavy (non-hydrogen) atoms. The monoisotopic (exact) mass is 247 g/mol. The minimum Gasteiger partial charge on any atom is -0.399 e. The molecule has 1 heterocycles. The van der Waals surface area contributed by atoms with E-state index in [0.29, 0.717) is 12.5 Å². The first-order chi connectivity index (χ1) is 8.68. The van der Waals surface area contributed by atoms with Gasteiger partial charge in [0, 0.05) is 37.8 Å². The van der Waals surface area contributed by atoms with Crippen LogP contribution in [-0.4, -0.2) is 36.5 Å². The number of amides is 1.